The number of benzene rings is 1. The van der Waals surface area contributed by atoms with Crippen LogP contribution in [0.25, 0.3) is 0 Å². The Morgan fingerprint density at radius 1 is 1.29 bits per heavy atom. The quantitative estimate of drug-likeness (QED) is 0.832. The Balaban J connectivity index is 0.00000208. The van der Waals surface area contributed by atoms with Gasteiger partial charge in [0.1, 0.15) is 5.82 Å². The molecule has 3 atom stereocenters. The van der Waals surface area contributed by atoms with Crippen LogP contribution in [0.15, 0.2) is 24.3 Å². The first-order valence-corrected chi connectivity index (χ1v) is 7.67. The summed E-state index contributed by atoms with van der Waals surface area (Å²) in [6, 6.07) is 5.64. The van der Waals surface area contributed by atoms with E-state index in [1.807, 2.05) is 0 Å². The second-order valence-corrected chi connectivity index (χ2v) is 6.24. The highest BCUT2D eigenvalue weighted by molar-refractivity contribution is 5.85. The number of amides is 1. The molecule has 2 saturated heterocycles. The zero-order valence-electron chi connectivity index (χ0n) is 12.9. The summed E-state index contributed by atoms with van der Waals surface area (Å²) < 4.78 is 50.7. The number of fused-ring (bicyclic) bond motifs is 1. The van der Waals surface area contributed by atoms with Crippen LogP contribution in [0.5, 0.6) is 0 Å². The molecule has 1 aromatic carbocycles. The monoisotopic (exact) mass is 366 g/mol. The van der Waals surface area contributed by atoms with Crippen LogP contribution in [0.4, 0.5) is 17.6 Å². The van der Waals surface area contributed by atoms with Gasteiger partial charge in [-0.05, 0) is 23.6 Å². The van der Waals surface area contributed by atoms with Gasteiger partial charge in [-0.3, -0.25) is 4.79 Å². The molecule has 2 fully saturated rings. The van der Waals surface area contributed by atoms with Crippen LogP contribution in [0.2, 0.25) is 0 Å². The molecular formula is C16H19ClF4N2O. The van der Waals surface area contributed by atoms with Gasteiger partial charge in [-0.1, -0.05) is 12.1 Å². The van der Waals surface area contributed by atoms with E-state index in [1.54, 1.807) is 12.1 Å². The van der Waals surface area contributed by atoms with Gasteiger partial charge in [0, 0.05) is 32.0 Å². The van der Waals surface area contributed by atoms with Crippen molar-refractivity contribution < 1.29 is 22.4 Å². The topological polar surface area (TPSA) is 32.3 Å². The molecule has 0 saturated carbocycles. The number of nitrogens with zero attached hydrogens (tertiary/aromatic N) is 1. The molecular weight excluding hydrogens is 348 g/mol. The normalized spacial score (nSPS) is 26.2. The lowest BCUT2D eigenvalue weighted by Gasteiger charge is -2.28. The molecule has 3 rings (SSSR count). The lowest BCUT2D eigenvalue weighted by Crippen LogP contribution is -2.35. The van der Waals surface area contributed by atoms with Crippen LogP contribution in [0.3, 0.4) is 0 Å². The van der Waals surface area contributed by atoms with Crippen LogP contribution >= 0.6 is 12.4 Å². The molecule has 1 amide bonds. The van der Waals surface area contributed by atoms with E-state index in [0.29, 0.717) is 18.7 Å². The maximum atomic E-state index is 13.5. The first kappa shape index (κ1) is 19.0. The predicted octanol–water partition coefficient (Wildman–Crippen LogP) is 3.31. The second-order valence-electron chi connectivity index (χ2n) is 6.24. The number of carbonyl (C=O) groups is 1. The first-order valence-electron chi connectivity index (χ1n) is 7.67. The van der Waals surface area contributed by atoms with Gasteiger partial charge in [-0.2, -0.15) is 13.2 Å². The molecule has 2 aliphatic rings. The van der Waals surface area contributed by atoms with Crippen molar-refractivity contribution in [1.29, 1.82) is 0 Å². The molecule has 1 aromatic rings. The van der Waals surface area contributed by atoms with Crippen molar-refractivity contribution in [3.05, 3.63) is 35.6 Å². The minimum absolute atomic E-state index is 0. The van der Waals surface area contributed by atoms with Crippen molar-refractivity contribution in [2.24, 2.45) is 11.8 Å². The van der Waals surface area contributed by atoms with E-state index in [9.17, 15) is 22.4 Å². The maximum Gasteiger partial charge on any atom is 0.389 e. The Kier molecular flexibility index (Phi) is 5.75. The van der Waals surface area contributed by atoms with E-state index in [1.165, 1.54) is 17.0 Å². The van der Waals surface area contributed by atoms with Gasteiger partial charge in [0.25, 0.3) is 0 Å². The first-order chi connectivity index (χ1) is 10.8. The molecule has 0 radical (unpaired) electrons. The third-order valence-corrected chi connectivity index (χ3v) is 4.70. The van der Waals surface area contributed by atoms with E-state index in [2.05, 4.69) is 5.32 Å². The number of carbonyl (C=O) groups excluding carboxylic acids is 1. The molecule has 0 unspecified atom stereocenters. The van der Waals surface area contributed by atoms with E-state index in [0.717, 1.165) is 6.54 Å². The van der Waals surface area contributed by atoms with Crippen molar-refractivity contribution in [1.82, 2.24) is 10.2 Å². The summed E-state index contributed by atoms with van der Waals surface area (Å²) >= 11 is 0. The van der Waals surface area contributed by atoms with Gasteiger partial charge in [0.05, 0.1) is 12.5 Å². The van der Waals surface area contributed by atoms with Gasteiger partial charge >= 0.3 is 6.18 Å². The third kappa shape index (κ3) is 4.00. The Labute approximate surface area is 143 Å². The SMILES string of the molecule is Cl.O=C(CCC(F)(F)F)N1C[C@@H]2CNC[C@@H]2[C@H]1c1cccc(F)c1. The molecule has 8 heteroatoms. The van der Waals surface area contributed by atoms with Crippen LogP contribution in [-0.2, 0) is 4.79 Å². The molecule has 0 aliphatic carbocycles. The van der Waals surface area contributed by atoms with E-state index >= 15 is 0 Å². The van der Waals surface area contributed by atoms with E-state index in [4.69, 9.17) is 0 Å². The van der Waals surface area contributed by atoms with E-state index < -0.39 is 30.7 Å². The summed E-state index contributed by atoms with van der Waals surface area (Å²) in [5.41, 5.74) is 0.654. The van der Waals surface area contributed by atoms with Gasteiger partial charge in [-0.25, -0.2) is 4.39 Å². The standard InChI is InChI=1S/C16H18F4N2O.ClH/c17-12-3-1-2-10(6-12)15-13-8-21-7-11(13)9-22(15)14(23)4-5-16(18,19)20;/h1-3,6,11,13,15,21H,4-5,7-9H2;1H/t11-,13-,15+;/m0./s1. The minimum Gasteiger partial charge on any atom is -0.335 e. The van der Waals surface area contributed by atoms with Crippen LogP contribution in [-0.4, -0.2) is 36.6 Å². The molecule has 1 N–H and O–H groups in total. The lowest BCUT2D eigenvalue weighted by atomic mass is 9.89. The fourth-order valence-corrected chi connectivity index (χ4v) is 3.69. The summed E-state index contributed by atoms with van der Waals surface area (Å²) in [6.45, 7) is 1.85. The lowest BCUT2D eigenvalue weighted by molar-refractivity contribution is -0.150. The highest BCUT2D eigenvalue weighted by atomic mass is 35.5. The fraction of sp³-hybridized carbons (Fsp3) is 0.562. The predicted molar refractivity (Wildman–Crippen MR) is 83.2 cm³/mol. The Bertz CT molecular complexity index is 596. The van der Waals surface area contributed by atoms with Gasteiger partial charge in [-0.15, -0.1) is 12.4 Å². The molecule has 3 nitrogen and oxygen atoms in total. The second kappa shape index (κ2) is 7.27. The Hall–Kier alpha value is -1.34. The number of alkyl halides is 3. The van der Waals surface area contributed by atoms with Crippen molar-refractivity contribution in [3.63, 3.8) is 0 Å². The number of nitrogens with one attached hydrogen (secondary N) is 1. The average molecular weight is 367 g/mol. The fourth-order valence-electron chi connectivity index (χ4n) is 3.69. The van der Waals surface area contributed by atoms with Crippen LogP contribution in [0.1, 0.15) is 24.4 Å². The molecule has 0 aromatic heterocycles. The summed E-state index contributed by atoms with van der Waals surface area (Å²) in [6.07, 6.45) is -6.02. The zero-order valence-corrected chi connectivity index (χ0v) is 13.7. The molecule has 2 heterocycles. The van der Waals surface area contributed by atoms with Crippen molar-refractivity contribution >= 4 is 18.3 Å². The van der Waals surface area contributed by atoms with Crippen molar-refractivity contribution in [2.75, 3.05) is 19.6 Å². The van der Waals surface area contributed by atoms with Crippen molar-refractivity contribution in [2.45, 2.75) is 25.1 Å². The summed E-state index contributed by atoms with van der Waals surface area (Å²) in [4.78, 5) is 13.8. The Morgan fingerprint density at radius 3 is 2.71 bits per heavy atom. The van der Waals surface area contributed by atoms with Gasteiger partial charge in [0.2, 0.25) is 5.91 Å². The van der Waals surface area contributed by atoms with Crippen LogP contribution < -0.4 is 5.32 Å². The summed E-state index contributed by atoms with van der Waals surface area (Å²) in [5, 5.41) is 3.24. The number of hydrogen-bond donors (Lipinski definition) is 1. The largest absolute Gasteiger partial charge is 0.389 e. The zero-order chi connectivity index (χ0) is 16.6. The summed E-state index contributed by atoms with van der Waals surface area (Å²) in [7, 11) is 0. The molecule has 134 valence electrons. The van der Waals surface area contributed by atoms with Crippen LogP contribution in [0, 0.1) is 17.7 Å². The molecule has 0 bridgehead atoms. The highest BCUT2D eigenvalue weighted by Gasteiger charge is 2.47. The smallest absolute Gasteiger partial charge is 0.335 e. The number of rotatable bonds is 3. The van der Waals surface area contributed by atoms with E-state index in [-0.39, 0.29) is 30.3 Å². The van der Waals surface area contributed by atoms with Gasteiger partial charge in [0.15, 0.2) is 0 Å². The molecule has 24 heavy (non-hydrogen) atoms. The van der Waals surface area contributed by atoms with Gasteiger partial charge < -0.3 is 10.2 Å². The average Bonchev–Trinajstić information content (AvgIpc) is 3.04. The third-order valence-electron chi connectivity index (χ3n) is 4.70. The number of halogens is 5. The van der Waals surface area contributed by atoms with Crippen molar-refractivity contribution in [3.8, 4) is 0 Å². The number of likely N-dealkylation sites (tertiary alicyclic amines) is 1. The molecule has 0 spiro atoms. The number of hydrogen-bond acceptors (Lipinski definition) is 2. The Morgan fingerprint density at radius 2 is 2.04 bits per heavy atom. The highest BCUT2D eigenvalue weighted by Crippen LogP contribution is 2.43. The molecule has 2 aliphatic heterocycles. The maximum absolute atomic E-state index is 13.5. The summed E-state index contributed by atoms with van der Waals surface area (Å²) in [5.74, 6) is -0.588. The minimum atomic E-state index is -4.35.